The molecule has 5 nitrogen and oxygen atoms in total. The highest BCUT2D eigenvalue weighted by Gasteiger charge is 2.42. The number of carbonyl (C=O) groups is 2. The SMILES string of the molecule is Cc1ccc(C)c(OC2=COC3CC(OC(=O)c4cccs4)CCC3C2=O)c1. The third-order valence-corrected chi connectivity index (χ3v) is 6.08. The molecule has 0 saturated heterocycles. The van der Waals surface area contributed by atoms with Gasteiger partial charge in [0.2, 0.25) is 11.5 Å². The third-order valence-electron chi connectivity index (χ3n) is 5.23. The number of carbonyl (C=O) groups excluding carboxylic acids is 2. The summed E-state index contributed by atoms with van der Waals surface area (Å²) in [6, 6.07) is 9.46. The van der Waals surface area contributed by atoms with Crippen LogP contribution in [0.15, 0.2) is 47.7 Å². The summed E-state index contributed by atoms with van der Waals surface area (Å²) >= 11 is 1.36. The highest BCUT2D eigenvalue weighted by molar-refractivity contribution is 7.11. The Morgan fingerprint density at radius 1 is 1.21 bits per heavy atom. The molecule has 0 radical (unpaired) electrons. The topological polar surface area (TPSA) is 61.8 Å². The molecule has 6 heteroatoms. The molecule has 0 amide bonds. The lowest BCUT2D eigenvalue weighted by atomic mass is 9.80. The molecule has 3 unspecified atom stereocenters. The molecule has 146 valence electrons. The van der Waals surface area contributed by atoms with E-state index in [4.69, 9.17) is 14.2 Å². The lowest BCUT2D eigenvalue weighted by Gasteiger charge is -2.36. The Kier molecular flexibility index (Phi) is 5.22. The van der Waals surface area contributed by atoms with Gasteiger partial charge in [-0.3, -0.25) is 4.79 Å². The molecule has 0 bridgehead atoms. The number of allylic oxidation sites excluding steroid dienone is 1. The van der Waals surface area contributed by atoms with Gasteiger partial charge in [-0.25, -0.2) is 4.79 Å². The molecule has 1 aliphatic carbocycles. The average Bonchev–Trinajstić information content (AvgIpc) is 3.22. The zero-order valence-electron chi connectivity index (χ0n) is 15.8. The summed E-state index contributed by atoms with van der Waals surface area (Å²) in [4.78, 5) is 25.6. The van der Waals surface area contributed by atoms with Crippen molar-refractivity contribution in [2.75, 3.05) is 0 Å². The van der Waals surface area contributed by atoms with Gasteiger partial charge in [0.05, 0.1) is 5.92 Å². The van der Waals surface area contributed by atoms with Crippen molar-refractivity contribution in [1.82, 2.24) is 0 Å². The van der Waals surface area contributed by atoms with Crippen LogP contribution in [0.1, 0.15) is 40.1 Å². The lowest BCUT2D eigenvalue weighted by Crippen LogP contribution is -2.43. The number of ether oxygens (including phenoxy) is 3. The van der Waals surface area contributed by atoms with E-state index in [2.05, 4.69) is 0 Å². The van der Waals surface area contributed by atoms with Crippen LogP contribution < -0.4 is 4.74 Å². The third kappa shape index (κ3) is 3.83. The average molecular weight is 398 g/mol. The van der Waals surface area contributed by atoms with Crippen molar-refractivity contribution in [2.45, 2.75) is 45.3 Å². The fourth-order valence-electron chi connectivity index (χ4n) is 3.65. The van der Waals surface area contributed by atoms with Crippen LogP contribution in [0.4, 0.5) is 0 Å². The number of ketones is 1. The molecule has 1 aromatic heterocycles. The van der Waals surface area contributed by atoms with E-state index in [1.807, 2.05) is 43.5 Å². The van der Waals surface area contributed by atoms with Crippen molar-refractivity contribution < 1.29 is 23.8 Å². The molecule has 2 aliphatic rings. The molecular weight excluding hydrogens is 376 g/mol. The quantitative estimate of drug-likeness (QED) is 0.706. The molecule has 1 saturated carbocycles. The van der Waals surface area contributed by atoms with Crippen LogP contribution in [0.5, 0.6) is 5.75 Å². The van der Waals surface area contributed by atoms with E-state index in [0.717, 1.165) is 11.1 Å². The second-order valence-corrected chi connectivity index (χ2v) is 8.26. The summed E-state index contributed by atoms with van der Waals surface area (Å²) in [5.41, 5.74) is 2.03. The number of Topliss-reactive ketones (excluding diaryl/α,β-unsaturated/α-hetero) is 1. The molecule has 1 aromatic carbocycles. The Labute approximate surface area is 167 Å². The number of rotatable bonds is 4. The molecule has 2 aromatic rings. The van der Waals surface area contributed by atoms with Crippen molar-refractivity contribution in [3.05, 3.63) is 63.7 Å². The van der Waals surface area contributed by atoms with Gasteiger partial charge in [0.1, 0.15) is 29.1 Å². The molecular formula is C22H22O5S. The van der Waals surface area contributed by atoms with E-state index in [1.165, 1.54) is 17.6 Å². The van der Waals surface area contributed by atoms with Gasteiger partial charge in [0.15, 0.2) is 0 Å². The first kappa shape index (κ1) is 18.7. The van der Waals surface area contributed by atoms with Crippen LogP contribution >= 0.6 is 11.3 Å². The zero-order chi connectivity index (χ0) is 19.7. The summed E-state index contributed by atoms with van der Waals surface area (Å²) in [5, 5.41) is 1.85. The van der Waals surface area contributed by atoms with E-state index in [0.29, 0.717) is 29.9 Å². The zero-order valence-corrected chi connectivity index (χ0v) is 16.7. The number of hydrogen-bond donors (Lipinski definition) is 0. The Morgan fingerprint density at radius 3 is 2.86 bits per heavy atom. The van der Waals surface area contributed by atoms with Crippen LogP contribution in [0.2, 0.25) is 0 Å². The van der Waals surface area contributed by atoms with Crippen LogP contribution in [0.25, 0.3) is 0 Å². The van der Waals surface area contributed by atoms with Crippen LogP contribution in [-0.2, 0) is 14.3 Å². The Hall–Kier alpha value is -2.60. The molecule has 3 atom stereocenters. The van der Waals surface area contributed by atoms with Crippen molar-refractivity contribution in [3.63, 3.8) is 0 Å². The minimum Gasteiger partial charge on any atom is -0.493 e. The summed E-state index contributed by atoms with van der Waals surface area (Å²) in [5.74, 6) is 0.293. The fourth-order valence-corrected chi connectivity index (χ4v) is 4.26. The maximum atomic E-state index is 12.9. The van der Waals surface area contributed by atoms with Crippen molar-refractivity contribution >= 4 is 23.1 Å². The normalized spacial score (nSPS) is 24.0. The lowest BCUT2D eigenvalue weighted by molar-refractivity contribution is -0.132. The summed E-state index contributed by atoms with van der Waals surface area (Å²) in [6.45, 7) is 3.92. The van der Waals surface area contributed by atoms with Gasteiger partial charge < -0.3 is 14.2 Å². The van der Waals surface area contributed by atoms with E-state index >= 15 is 0 Å². The Morgan fingerprint density at radius 2 is 2.07 bits per heavy atom. The molecule has 0 N–H and O–H groups in total. The van der Waals surface area contributed by atoms with E-state index in [1.54, 1.807) is 6.07 Å². The maximum absolute atomic E-state index is 12.9. The van der Waals surface area contributed by atoms with Crippen molar-refractivity contribution in [3.8, 4) is 5.75 Å². The number of fused-ring (bicyclic) bond motifs is 1. The molecule has 4 rings (SSSR count). The molecule has 1 fully saturated rings. The van der Waals surface area contributed by atoms with Gasteiger partial charge >= 0.3 is 5.97 Å². The first-order valence-corrected chi connectivity index (χ1v) is 10.3. The summed E-state index contributed by atoms with van der Waals surface area (Å²) < 4.78 is 17.3. The minimum atomic E-state index is -0.310. The summed E-state index contributed by atoms with van der Waals surface area (Å²) in [6.07, 6.45) is 2.66. The van der Waals surface area contributed by atoms with Gasteiger partial charge in [-0.2, -0.15) is 0 Å². The highest BCUT2D eigenvalue weighted by Crippen LogP contribution is 2.36. The fraction of sp³-hybridized carbons (Fsp3) is 0.364. The first-order chi connectivity index (χ1) is 13.5. The van der Waals surface area contributed by atoms with E-state index in [-0.39, 0.29) is 35.6 Å². The number of esters is 1. The number of benzene rings is 1. The predicted molar refractivity (Wildman–Crippen MR) is 105 cm³/mol. The monoisotopic (exact) mass is 398 g/mol. The van der Waals surface area contributed by atoms with Crippen molar-refractivity contribution in [1.29, 1.82) is 0 Å². The predicted octanol–water partition coefficient (Wildman–Crippen LogP) is 4.58. The van der Waals surface area contributed by atoms with Gasteiger partial charge in [-0.1, -0.05) is 18.2 Å². The van der Waals surface area contributed by atoms with Gasteiger partial charge in [-0.05, 0) is 55.3 Å². The number of hydrogen-bond acceptors (Lipinski definition) is 6. The Balaban J connectivity index is 1.41. The molecule has 1 aliphatic heterocycles. The maximum Gasteiger partial charge on any atom is 0.348 e. The van der Waals surface area contributed by atoms with Crippen molar-refractivity contribution in [2.24, 2.45) is 5.92 Å². The van der Waals surface area contributed by atoms with Crippen LogP contribution in [0.3, 0.4) is 0 Å². The van der Waals surface area contributed by atoms with Crippen LogP contribution in [-0.4, -0.2) is 24.0 Å². The summed E-state index contributed by atoms with van der Waals surface area (Å²) in [7, 11) is 0. The van der Waals surface area contributed by atoms with Crippen LogP contribution in [0, 0.1) is 19.8 Å². The van der Waals surface area contributed by atoms with Gasteiger partial charge in [0, 0.05) is 6.42 Å². The molecule has 0 spiro atoms. The van der Waals surface area contributed by atoms with Gasteiger partial charge in [-0.15, -0.1) is 11.3 Å². The molecule has 28 heavy (non-hydrogen) atoms. The largest absolute Gasteiger partial charge is 0.493 e. The van der Waals surface area contributed by atoms with Gasteiger partial charge in [0.25, 0.3) is 0 Å². The number of aryl methyl sites for hydroxylation is 2. The first-order valence-electron chi connectivity index (χ1n) is 9.40. The number of thiophene rings is 1. The second kappa shape index (κ2) is 7.80. The minimum absolute atomic E-state index is 0.0415. The Bertz CT molecular complexity index is 915. The standard InChI is InChI=1S/C22H22O5S/c1-13-5-6-14(2)17(10-13)27-19-12-25-18-11-15(7-8-16(18)21(19)23)26-22(24)20-4-3-9-28-20/h3-6,9-10,12,15-16,18H,7-8,11H2,1-2H3. The molecule has 2 heterocycles. The smallest absolute Gasteiger partial charge is 0.348 e. The second-order valence-electron chi connectivity index (χ2n) is 7.32. The highest BCUT2D eigenvalue weighted by atomic mass is 32.1. The van der Waals surface area contributed by atoms with E-state index in [9.17, 15) is 9.59 Å². The van der Waals surface area contributed by atoms with E-state index < -0.39 is 0 Å².